The van der Waals surface area contributed by atoms with Gasteiger partial charge in [0.05, 0.1) is 0 Å². The fourth-order valence-corrected chi connectivity index (χ4v) is 1.80. The third-order valence-electron chi connectivity index (χ3n) is 3.00. The van der Waals surface area contributed by atoms with Crippen molar-refractivity contribution in [1.82, 2.24) is 0 Å². The van der Waals surface area contributed by atoms with Crippen molar-refractivity contribution in [2.75, 3.05) is 0 Å². The number of hydrogen-bond donors (Lipinski definition) is 1. The van der Waals surface area contributed by atoms with Gasteiger partial charge >= 0.3 is 5.97 Å². The zero-order valence-corrected chi connectivity index (χ0v) is 13.0. The van der Waals surface area contributed by atoms with Crippen LogP contribution in [0, 0.1) is 23.7 Å². The smallest absolute Gasteiger partial charge is 0.303 e. The molecule has 0 fully saturated rings. The molecule has 0 aliphatic rings. The van der Waals surface area contributed by atoms with Crippen molar-refractivity contribution in [1.29, 1.82) is 0 Å². The number of carbonyl (C=O) groups is 2. The highest BCUT2D eigenvalue weighted by Crippen LogP contribution is 2.06. The van der Waals surface area contributed by atoms with Crippen LogP contribution in [0.15, 0.2) is 0 Å². The van der Waals surface area contributed by atoms with Gasteiger partial charge in [-0.25, -0.2) is 0 Å². The Bertz CT molecular complexity index is 415. The molecule has 0 bridgehead atoms. The van der Waals surface area contributed by atoms with Gasteiger partial charge in [-0.2, -0.15) is 0 Å². The Morgan fingerprint density at radius 3 is 1.90 bits per heavy atom. The standard InChI is InChI=1S/C18H26O3/c1-2-3-4-8-11-14-17(19)15-12-9-6-5-7-10-13-16-18(20)21/h2-10,13,16H2,1H3,(H,20,21). The predicted octanol–water partition coefficient (Wildman–Crippen LogP) is 3.96. The summed E-state index contributed by atoms with van der Waals surface area (Å²) in [6.45, 7) is 2.14. The van der Waals surface area contributed by atoms with E-state index in [1.54, 1.807) is 0 Å². The molecule has 0 amide bonds. The Hall–Kier alpha value is -1.74. The van der Waals surface area contributed by atoms with Crippen molar-refractivity contribution >= 4 is 11.8 Å². The summed E-state index contributed by atoms with van der Waals surface area (Å²) >= 11 is 0. The van der Waals surface area contributed by atoms with Gasteiger partial charge in [-0.15, -0.1) is 0 Å². The molecule has 0 saturated carbocycles. The average molecular weight is 290 g/mol. The summed E-state index contributed by atoms with van der Waals surface area (Å²) in [7, 11) is 0. The Kier molecular flexibility index (Phi) is 13.4. The summed E-state index contributed by atoms with van der Waals surface area (Å²) in [4.78, 5) is 21.6. The zero-order valence-electron chi connectivity index (χ0n) is 13.0. The molecule has 0 aromatic carbocycles. The topological polar surface area (TPSA) is 54.4 Å². The molecule has 0 atom stereocenters. The number of carboxylic acid groups (broad SMARTS) is 1. The van der Waals surface area contributed by atoms with Gasteiger partial charge in [0.25, 0.3) is 5.78 Å². The first-order valence-electron chi connectivity index (χ1n) is 7.90. The lowest BCUT2D eigenvalue weighted by Crippen LogP contribution is -1.93. The van der Waals surface area contributed by atoms with Crippen LogP contribution < -0.4 is 0 Å². The lowest BCUT2D eigenvalue weighted by atomic mass is 10.1. The normalized spacial score (nSPS) is 9.19. The van der Waals surface area contributed by atoms with Gasteiger partial charge in [-0.1, -0.05) is 50.9 Å². The van der Waals surface area contributed by atoms with Crippen molar-refractivity contribution < 1.29 is 14.7 Å². The van der Waals surface area contributed by atoms with E-state index in [2.05, 4.69) is 30.6 Å². The number of carbonyl (C=O) groups excluding carboxylic acids is 1. The lowest BCUT2D eigenvalue weighted by Gasteiger charge is -1.97. The number of carboxylic acids is 1. The number of unbranched alkanes of at least 4 members (excludes halogenated alkanes) is 8. The van der Waals surface area contributed by atoms with Crippen LogP contribution >= 0.6 is 0 Å². The van der Waals surface area contributed by atoms with Gasteiger partial charge in [0.15, 0.2) is 0 Å². The maximum atomic E-state index is 11.3. The van der Waals surface area contributed by atoms with E-state index in [0.717, 1.165) is 57.8 Å². The molecule has 21 heavy (non-hydrogen) atoms. The summed E-state index contributed by atoms with van der Waals surface area (Å²) in [6, 6.07) is 0. The fourth-order valence-electron chi connectivity index (χ4n) is 1.80. The molecular weight excluding hydrogens is 264 g/mol. The quantitative estimate of drug-likeness (QED) is 0.376. The lowest BCUT2D eigenvalue weighted by molar-refractivity contribution is -0.137. The minimum absolute atomic E-state index is 0.255. The molecule has 0 unspecified atom stereocenters. The predicted molar refractivity (Wildman–Crippen MR) is 84.7 cm³/mol. The maximum Gasteiger partial charge on any atom is 0.303 e. The van der Waals surface area contributed by atoms with Gasteiger partial charge in [-0.3, -0.25) is 9.59 Å². The largest absolute Gasteiger partial charge is 0.481 e. The molecule has 3 nitrogen and oxygen atoms in total. The van der Waals surface area contributed by atoms with E-state index in [4.69, 9.17) is 5.11 Å². The highest BCUT2D eigenvalue weighted by molar-refractivity contribution is 6.08. The van der Waals surface area contributed by atoms with Crippen LogP contribution in [0.1, 0.15) is 77.6 Å². The molecule has 1 N–H and O–H groups in total. The second kappa shape index (κ2) is 14.7. The average Bonchev–Trinajstić information content (AvgIpc) is 2.45. The van der Waals surface area contributed by atoms with Crippen molar-refractivity contribution in [3.63, 3.8) is 0 Å². The highest BCUT2D eigenvalue weighted by atomic mass is 16.4. The van der Waals surface area contributed by atoms with Gasteiger partial charge in [0, 0.05) is 19.3 Å². The van der Waals surface area contributed by atoms with Crippen molar-refractivity contribution in [3.8, 4) is 23.7 Å². The second-order valence-electron chi connectivity index (χ2n) is 5.05. The second-order valence-corrected chi connectivity index (χ2v) is 5.05. The third kappa shape index (κ3) is 16.2. The number of Topliss-reactive ketones (excluding diaryl/α,β-unsaturated/α-hetero) is 1. The number of hydrogen-bond acceptors (Lipinski definition) is 2. The first-order valence-corrected chi connectivity index (χ1v) is 7.90. The maximum absolute atomic E-state index is 11.3. The Labute approximate surface area is 128 Å². The van der Waals surface area contributed by atoms with Crippen LogP contribution in [-0.4, -0.2) is 16.9 Å². The van der Waals surface area contributed by atoms with E-state index < -0.39 is 5.97 Å². The summed E-state index contributed by atoms with van der Waals surface area (Å²) in [5, 5.41) is 8.48. The van der Waals surface area contributed by atoms with Crippen LogP contribution in [0.25, 0.3) is 0 Å². The van der Waals surface area contributed by atoms with Crippen molar-refractivity contribution in [2.24, 2.45) is 0 Å². The minimum atomic E-state index is -0.727. The van der Waals surface area contributed by atoms with E-state index in [1.165, 1.54) is 0 Å². The SMILES string of the molecule is CCCCCC#CC(=O)C#CCCCCCCCC(=O)O. The molecule has 116 valence electrons. The summed E-state index contributed by atoms with van der Waals surface area (Å²) < 4.78 is 0. The van der Waals surface area contributed by atoms with Gasteiger partial charge in [-0.05, 0) is 31.1 Å². The number of ketones is 1. The van der Waals surface area contributed by atoms with Crippen LogP contribution in [0.3, 0.4) is 0 Å². The van der Waals surface area contributed by atoms with E-state index in [1.807, 2.05) is 0 Å². The van der Waals surface area contributed by atoms with Crippen LogP contribution in [-0.2, 0) is 9.59 Å². The third-order valence-corrected chi connectivity index (χ3v) is 3.00. The molecule has 0 heterocycles. The van der Waals surface area contributed by atoms with Crippen molar-refractivity contribution in [3.05, 3.63) is 0 Å². The molecule has 0 radical (unpaired) electrons. The van der Waals surface area contributed by atoms with Crippen LogP contribution in [0.2, 0.25) is 0 Å². The van der Waals surface area contributed by atoms with E-state index >= 15 is 0 Å². The minimum Gasteiger partial charge on any atom is -0.481 e. The molecule has 0 aromatic rings. The molecular formula is C18H26O3. The molecule has 0 saturated heterocycles. The molecule has 0 aliphatic carbocycles. The molecule has 0 rings (SSSR count). The highest BCUT2D eigenvalue weighted by Gasteiger charge is 1.96. The Morgan fingerprint density at radius 2 is 1.33 bits per heavy atom. The van der Waals surface area contributed by atoms with Gasteiger partial charge < -0.3 is 5.11 Å². The first-order chi connectivity index (χ1) is 10.2. The van der Waals surface area contributed by atoms with E-state index in [-0.39, 0.29) is 12.2 Å². The molecule has 0 spiro atoms. The number of aliphatic carboxylic acids is 1. The molecule has 3 heteroatoms. The molecule has 0 aromatic heterocycles. The Morgan fingerprint density at radius 1 is 0.810 bits per heavy atom. The van der Waals surface area contributed by atoms with Crippen LogP contribution in [0.4, 0.5) is 0 Å². The number of rotatable bonds is 10. The van der Waals surface area contributed by atoms with Crippen molar-refractivity contribution in [2.45, 2.75) is 77.6 Å². The Balaban J connectivity index is 3.51. The summed E-state index contributed by atoms with van der Waals surface area (Å²) in [6.07, 6.45) is 9.81. The first kappa shape index (κ1) is 19.3. The summed E-state index contributed by atoms with van der Waals surface area (Å²) in [5.74, 6) is 9.80. The van der Waals surface area contributed by atoms with Gasteiger partial charge in [0.1, 0.15) is 0 Å². The summed E-state index contributed by atoms with van der Waals surface area (Å²) in [5.41, 5.74) is 0. The van der Waals surface area contributed by atoms with E-state index in [0.29, 0.717) is 6.42 Å². The zero-order chi connectivity index (χ0) is 15.8. The monoisotopic (exact) mass is 290 g/mol. The van der Waals surface area contributed by atoms with E-state index in [9.17, 15) is 9.59 Å². The van der Waals surface area contributed by atoms with Crippen LogP contribution in [0.5, 0.6) is 0 Å². The fraction of sp³-hybridized carbons (Fsp3) is 0.667. The van der Waals surface area contributed by atoms with Gasteiger partial charge in [0.2, 0.25) is 0 Å². The molecule has 0 aliphatic heterocycles.